The van der Waals surface area contributed by atoms with Gasteiger partial charge in [0.05, 0.1) is 5.69 Å². The van der Waals surface area contributed by atoms with Crippen molar-refractivity contribution in [2.24, 2.45) is 13.0 Å². The summed E-state index contributed by atoms with van der Waals surface area (Å²) in [5.74, 6) is 0.738. The fourth-order valence-electron chi connectivity index (χ4n) is 1.92. The SMILES string of the molecule is CCCNCC(C)CCc1cc(C)nn1C. The molecule has 3 nitrogen and oxygen atoms in total. The third kappa shape index (κ3) is 4.35. The fourth-order valence-corrected chi connectivity index (χ4v) is 1.92. The van der Waals surface area contributed by atoms with Crippen molar-refractivity contribution in [2.45, 2.75) is 40.0 Å². The Hall–Kier alpha value is -0.830. The lowest BCUT2D eigenvalue weighted by Crippen LogP contribution is -2.22. The first kappa shape index (κ1) is 13.2. The van der Waals surface area contributed by atoms with E-state index in [9.17, 15) is 0 Å². The molecule has 1 heterocycles. The molecule has 1 aromatic heterocycles. The fraction of sp³-hybridized carbons (Fsp3) is 0.769. The van der Waals surface area contributed by atoms with E-state index in [0.29, 0.717) is 0 Å². The minimum absolute atomic E-state index is 0.738. The van der Waals surface area contributed by atoms with Gasteiger partial charge in [-0.25, -0.2) is 0 Å². The molecule has 0 amide bonds. The average Bonchev–Trinajstić information content (AvgIpc) is 2.55. The lowest BCUT2D eigenvalue weighted by atomic mass is 10.0. The summed E-state index contributed by atoms with van der Waals surface area (Å²) in [4.78, 5) is 0. The van der Waals surface area contributed by atoms with Crippen LogP contribution in [0.3, 0.4) is 0 Å². The van der Waals surface area contributed by atoms with Gasteiger partial charge in [0.25, 0.3) is 0 Å². The van der Waals surface area contributed by atoms with Crippen molar-refractivity contribution in [3.63, 3.8) is 0 Å². The van der Waals surface area contributed by atoms with Gasteiger partial charge in [0.15, 0.2) is 0 Å². The maximum absolute atomic E-state index is 4.37. The Morgan fingerprint density at radius 3 is 2.81 bits per heavy atom. The van der Waals surface area contributed by atoms with Gasteiger partial charge in [0, 0.05) is 12.7 Å². The molecule has 0 aromatic carbocycles. The molecule has 0 aliphatic carbocycles. The van der Waals surface area contributed by atoms with Gasteiger partial charge in [-0.1, -0.05) is 13.8 Å². The molecule has 3 heteroatoms. The number of hydrogen-bond acceptors (Lipinski definition) is 2. The van der Waals surface area contributed by atoms with E-state index in [1.165, 1.54) is 18.5 Å². The largest absolute Gasteiger partial charge is 0.316 e. The minimum Gasteiger partial charge on any atom is -0.316 e. The molecule has 1 N–H and O–H groups in total. The van der Waals surface area contributed by atoms with Gasteiger partial charge >= 0.3 is 0 Å². The molecule has 0 aliphatic rings. The highest BCUT2D eigenvalue weighted by atomic mass is 15.3. The molecule has 0 saturated heterocycles. The molecule has 1 unspecified atom stereocenters. The Balaban J connectivity index is 2.26. The van der Waals surface area contributed by atoms with Gasteiger partial charge in [-0.2, -0.15) is 5.10 Å². The molecule has 0 spiro atoms. The van der Waals surface area contributed by atoms with Crippen LogP contribution in [0.2, 0.25) is 0 Å². The second kappa shape index (κ2) is 6.69. The van der Waals surface area contributed by atoms with Crippen LogP contribution < -0.4 is 5.32 Å². The number of hydrogen-bond donors (Lipinski definition) is 1. The number of nitrogens with one attached hydrogen (secondary N) is 1. The van der Waals surface area contributed by atoms with Crippen LogP contribution >= 0.6 is 0 Å². The van der Waals surface area contributed by atoms with Crippen LogP contribution in [-0.2, 0) is 13.5 Å². The summed E-state index contributed by atoms with van der Waals surface area (Å²) in [5.41, 5.74) is 2.47. The van der Waals surface area contributed by atoms with E-state index in [-0.39, 0.29) is 0 Å². The molecule has 16 heavy (non-hydrogen) atoms. The normalized spacial score (nSPS) is 13.0. The van der Waals surface area contributed by atoms with Crippen molar-refractivity contribution in [1.82, 2.24) is 15.1 Å². The van der Waals surface area contributed by atoms with Crippen LogP contribution in [0.25, 0.3) is 0 Å². The molecule has 0 saturated carbocycles. The van der Waals surface area contributed by atoms with Gasteiger partial charge < -0.3 is 5.32 Å². The highest BCUT2D eigenvalue weighted by Crippen LogP contribution is 2.09. The highest BCUT2D eigenvalue weighted by molar-refractivity contribution is 5.08. The van der Waals surface area contributed by atoms with Crippen molar-refractivity contribution in [3.8, 4) is 0 Å². The Morgan fingerprint density at radius 2 is 2.25 bits per heavy atom. The quantitative estimate of drug-likeness (QED) is 0.719. The summed E-state index contributed by atoms with van der Waals surface area (Å²) in [5, 5.41) is 7.83. The van der Waals surface area contributed by atoms with Crippen molar-refractivity contribution >= 4 is 0 Å². The van der Waals surface area contributed by atoms with Crippen LogP contribution in [0, 0.1) is 12.8 Å². The summed E-state index contributed by atoms with van der Waals surface area (Å²) in [7, 11) is 2.03. The first-order valence-corrected chi connectivity index (χ1v) is 6.33. The number of aryl methyl sites for hydroxylation is 3. The summed E-state index contributed by atoms with van der Waals surface area (Å²) in [6, 6.07) is 2.19. The molecule has 1 atom stereocenters. The minimum atomic E-state index is 0.738. The van der Waals surface area contributed by atoms with Gasteiger partial charge in [-0.15, -0.1) is 0 Å². The zero-order valence-electron chi connectivity index (χ0n) is 11.1. The summed E-state index contributed by atoms with van der Waals surface area (Å²) >= 11 is 0. The maximum atomic E-state index is 4.37. The van der Waals surface area contributed by atoms with E-state index >= 15 is 0 Å². The molecule has 1 rings (SSSR count). The van der Waals surface area contributed by atoms with Gasteiger partial charge in [0.1, 0.15) is 0 Å². The Kier molecular flexibility index (Phi) is 5.53. The zero-order valence-corrected chi connectivity index (χ0v) is 11.1. The van der Waals surface area contributed by atoms with Crippen LogP contribution in [0.4, 0.5) is 0 Å². The van der Waals surface area contributed by atoms with E-state index in [1.54, 1.807) is 0 Å². The third-order valence-corrected chi connectivity index (χ3v) is 2.91. The Labute approximate surface area is 99.2 Å². The van der Waals surface area contributed by atoms with Crippen molar-refractivity contribution in [2.75, 3.05) is 13.1 Å². The molecule has 0 aliphatic heterocycles. The lowest BCUT2D eigenvalue weighted by molar-refractivity contribution is 0.474. The summed E-state index contributed by atoms with van der Waals surface area (Å²) in [6.07, 6.45) is 3.58. The van der Waals surface area contributed by atoms with Gasteiger partial charge in [-0.05, 0) is 51.3 Å². The maximum Gasteiger partial charge on any atom is 0.0596 e. The van der Waals surface area contributed by atoms with E-state index in [0.717, 1.165) is 31.1 Å². The second-order valence-corrected chi connectivity index (χ2v) is 4.75. The van der Waals surface area contributed by atoms with Crippen LogP contribution in [0.1, 0.15) is 38.1 Å². The van der Waals surface area contributed by atoms with Gasteiger partial charge in [-0.3, -0.25) is 4.68 Å². The number of nitrogens with zero attached hydrogens (tertiary/aromatic N) is 2. The monoisotopic (exact) mass is 223 g/mol. The molecule has 1 aromatic rings. The van der Waals surface area contributed by atoms with E-state index in [2.05, 4.69) is 37.3 Å². The zero-order chi connectivity index (χ0) is 12.0. The standard InChI is InChI=1S/C13H25N3/c1-5-8-14-10-11(2)6-7-13-9-12(3)15-16(13)4/h9,11,14H,5-8,10H2,1-4H3. The molecule has 0 radical (unpaired) electrons. The highest BCUT2D eigenvalue weighted by Gasteiger charge is 2.05. The van der Waals surface area contributed by atoms with E-state index < -0.39 is 0 Å². The van der Waals surface area contributed by atoms with Gasteiger partial charge in [0.2, 0.25) is 0 Å². The molecular weight excluding hydrogens is 198 g/mol. The average molecular weight is 223 g/mol. The smallest absolute Gasteiger partial charge is 0.0596 e. The predicted octanol–water partition coefficient (Wildman–Crippen LogP) is 2.30. The van der Waals surface area contributed by atoms with E-state index in [1.807, 2.05) is 11.7 Å². The summed E-state index contributed by atoms with van der Waals surface area (Å²) < 4.78 is 2.00. The third-order valence-electron chi connectivity index (χ3n) is 2.91. The van der Waals surface area contributed by atoms with Crippen molar-refractivity contribution in [1.29, 1.82) is 0 Å². The molecule has 0 bridgehead atoms. The second-order valence-electron chi connectivity index (χ2n) is 4.75. The molecule has 92 valence electrons. The molecular formula is C13H25N3. The predicted molar refractivity (Wildman–Crippen MR) is 68.6 cm³/mol. The van der Waals surface area contributed by atoms with Crippen molar-refractivity contribution in [3.05, 3.63) is 17.5 Å². The summed E-state index contributed by atoms with van der Waals surface area (Å²) in [6.45, 7) is 8.83. The van der Waals surface area contributed by atoms with Crippen LogP contribution in [0.15, 0.2) is 6.07 Å². The number of rotatable bonds is 7. The first-order valence-electron chi connectivity index (χ1n) is 6.33. The Morgan fingerprint density at radius 1 is 1.50 bits per heavy atom. The lowest BCUT2D eigenvalue weighted by Gasteiger charge is -2.11. The topological polar surface area (TPSA) is 29.9 Å². The number of aromatic nitrogens is 2. The van der Waals surface area contributed by atoms with Crippen molar-refractivity contribution < 1.29 is 0 Å². The molecule has 0 fully saturated rings. The first-order chi connectivity index (χ1) is 7.63. The van der Waals surface area contributed by atoms with Crippen LogP contribution in [-0.4, -0.2) is 22.9 Å². The van der Waals surface area contributed by atoms with Crippen LogP contribution in [0.5, 0.6) is 0 Å². The Bertz CT molecular complexity index is 304. The van der Waals surface area contributed by atoms with E-state index in [4.69, 9.17) is 0 Å².